The number of amides is 2. The standard InChI is InChI=1S/C15H15ClN2O2S/c1-7-4-9-10(5-7)15(20)18(14(9)19)12-6-8(13(17)21)2-3-11(12)16/h2-3,6-7,9-10H,4-5H2,1H3,(H2,17,21). The lowest BCUT2D eigenvalue weighted by atomic mass is 10.00. The number of carbonyl (C=O) groups excluding carboxylic acids is 2. The maximum atomic E-state index is 12.6. The summed E-state index contributed by atoms with van der Waals surface area (Å²) in [5.41, 5.74) is 6.59. The van der Waals surface area contributed by atoms with Crippen molar-refractivity contribution in [2.75, 3.05) is 4.90 Å². The van der Waals surface area contributed by atoms with E-state index in [-0.39, 0.29) is 28.6 Å². The first-order chi connectivity index (χ1) is 9.90. The molecule has 2 unspecified atom stereocenters. The van der Waals surface area contributed by atoms with Crippen LogP contribution in [0.15, 0.2) is 18.2 Å². The number of halogens is 1. The van der Waals surface area contributed by atoms with Crippen molar-refractivity contribution in [2.24, 2.45) is 23.5 Å². The average Bonchev–Trinajstić information content (AvgIpc) is 2.90. The zero-order chi connectivity index (χ0) is 15.3. The molecule has 0 bridgehead atoms. The van der Waals surface area contributed by atoms with Crippen molar-refractivity contribution in [1.82, 2.24) is 0 Å². The Hall–Kier alpha value is -1.46. The number of hydrogen-bond donors (Lipinski definition) is 1. The second-order valence-electron chi connectivity index (χ2n) is 5.83. The first kappa shape index (κ1) is 14.5. The first-order valence-corrected chi connectivity index (χ1v) is 7.66. The van der Waals surface area contributed by atoms with Crippen LogP contribution >= 0.6 is 23.8 Å². The van der Waals surface area contributed by atoms with Gasteiger partial charge in [0, 0.05) is 5.56 Å². The number of nitrogens with two attached hydrogens (primary N) is 1. The Morgan fingerprint density at radius 3 is 2.38 bits per heavy atom. The molecule has 1 aromatic carbocycles. The van der Waals surface area contributed by atoms with Crippen LogP contribution in [0, 0.1) is 17.8 Å². The second-order valence-corrected chi connectivity index (χ2v) is 6.68. The summed E-state index contributed by atoms with van der Waals surface area (Å²) in [5.74, 6) is -0.324. The number of thiocarbonyl (C=S) groups is 1. The first-order valence-electron chi connectivity index (χ1n) is 6.87. The molecule has 2 aliphatic rings. The third-order valence-corrected chi connectivity index (χ3v) is 4.90. The van der Waals surface area contributed by atoms with E-state index in [9.17, 15) is 9.59 Å². The lowest BCUT2D eigenvalue weighted by Crippen LogP contribution is -2.32. The maximum Gasteiger partial charge on any atom is 0.237 e. The minimum Gasteiger partial charge on any atom is -0.389 e. The number of anilines is 1. The topological polar surface area (TPSA) is 63.4 Å². The Morgan fingerprint density at radius 1 is 1.29 bits per heavy atom. The van der Waals surface area contributed by atoms with Gasteiger partial charge in [-0.15, -0.1) is 0 Å². The van der Waals surface area contributed by atoms with Crippen molar-refractivity contribution in [1.29, 1.82) is 0 Å². The molecule has 3 rings (SSSR count). The Labute approximate surface area is 133 Å². The largest absolute Gasteiger partial charge is 0.389 e. The van der Waals surface area contributed by atoms with Crippen LogP contribution in [-0.4, -0.2) is 16.8 Å². The van der Waals surface area contributed by atoms with Gasteiger partial charge in [0.25, 0.3) is 0 Å². The van der Waals surface area contributed by atoms with E-state index in [1.807, 2.05) is 0 Å². The van der Waals surface area contributed by atoms with Gasteiger partial charge in [0.15, 0.2) is 0 Å². The molecule has 4 nitrogen and oxygen atoms in total. The number of nitrogens with zero attached hydrogens (tertiary/aromatic N) is 1. The molecule has 110 valence electrons. The number of fused-ring (bicyclic) bond motifs is 1. The molecule has 1 aromatic rings. The lowest BCUT2D eigenvalue weighted by Gasteiger charge is -2.19. The number of benzene rings is 1. The van der Waals surface area contributed by atoms with Gasteiger partial charge in [-0.3, -0.25) is 9.59 Å². The molecule has 21 heavy (non-hydrogen) atoms. The van der Waals surface area contributed by atoms with E-state index < -0.39 is 0 Å². The molecule has 6 heteroatoms. The highest BCUT2D eigenvalue weighted by Gasteiger charge is 2.52. The fraction of sp³-hybridized carbons (Fsp3) is 0.400. The summed E-state index contributed by atoms with van der Waals surface area (Å²) in [4.78, 5) is 26.5. The lowest BCUT2D eigenvalue weighted by molar-refractivity contribution is -0.123. The fourth-order valence-electron chi connectivity index (χ4n) is 3.35. The van der Waals surface area contributed by atoms with Gasteiger partial charge < -0.3 is 5.73 Å². The Kier molecular flexibility index (Phi) is 3.50. The summed E-state index contributed by atoms with van der Waals surface area (Å²) in [6, 6.07) is 4.91. The highest BCUT2D eigenvalue weighted by atomic mass is 35.5. The van der Waals surface area contributed by atoms with Crippen molar-refractivity contribution >= 4 is 46.3 Å². The van der Waals surface area contributed by atoms with Gasteiger partial charge in [-0.25, -0.2) is 4.90 Å². The van der Waals surface area contributed by atoms with Crippen LogP contribution < -0.4 is 10.6 Å². The fourth-order valence-corrected chi connectivity index (χ4v) is 3.68. The molecule has 1 aliphatic heterocycles. The smallest absolute Gasteiger partial charge is 0.237 e. The molecular formula is C15H15ClN2O2S. The summed E-state index contributed by atoms with van der Waals surface area (Å²) in [7, 11) is 0. The summed E-state index contributed by atoms with van der Waals surface area (Å²) in [6.07, 6.45) is 1.52. The van der Waals surface area contributed by atoms with E-state index in [1.165, 1.54) is 4.90 Å². The van der Waals surface area contributed by atoms with E-state index in [0.717, 1.165) is 12.8 Å². The molecule has 1 saturated carbocycles. The summed E-state index contributed by atoms with van der Waals surface area (Å²) in [5, 5.41) is 0.352. The van der Waals surface area contributed by atoms with Crippen molar-refractivity contribution in [3.05, 3.63) is 28.8 Å². The van der Waals surface area contributed by atoms with Gasteiger partial charge >= 0.3 is 0 Å². The van der Waals surface area contributed by atoms with Gasteiger partial charge in [-0.1, -0.05) is 36.8 Å². The Morgan fingerprint density at radius 2 is 1.86 bits per heavy atom. The van der Waals surface area contributed by atoms with E-state index in [0.29, 0.717) is 22.2 Å². The SMILES string of the molecule is CC1CC2C(=O)N(c3cc(C(N)=S)ccc3Cl)C(=O)C2C1. The second kappa shape index (κ2) is 5.07. The van der Waals surface area contributed by atoms with Gasteiger partial charge in [-0.2, -0.15) is 0 Å². The van der Waals surface area contributed by atoms with E-state index in [4.69, 9.17) is 29.6 Å². The van der Waals surface area contributed by atoms with Gasteiger partial charge in [0.05, 0.1) is 22.5 Å². The van der Waals surface area contributed by atoms with E-state index in [2.05, 4.69) is 6.92 Å². The van der Waals surface area contributed by atoms with Crippen molar-refractivity contribution in [3.63, 3.8) is 0 Å². The molecule has 0 spiro atoms. The predicted molar refractivity (Wildman–Crippen MR) is 85.2 cm³/mol. The summed E-state index contributed by atoms with van der Waals surface area (Å²) in [6.45, 7) is 2.07. The monoisotopic (exact) mass is 322 g/mol. The third-order valence-electron chi connectivity index (χ3n) is 4.35. The Balaban J connectivity index is 2.02. The Bertz CT molecular complexity index is 637. The van der Waals surface area contributed by atoms with Crippen LogP contribution in [0.4, 0.5) is 5.69 Å². The molecule has 2 N–H and O–H groups in total. The number of imide groups is 1. The van der Waals surface area contributed by atoms with Gasteiger partial charge in [0.1, 0.15) is 4.99 Å². The molecular weight excluding hydrogens is 308 g/mol. The summed E-state index contributed by atoms with van der Waals surface area (Å²) >= 11 is 11.1. The van der Waals surface area contributed by atoms with Crippen LogP contribution in [0.2, 0.25) is 5.02 Å². The molecule has 1 heterocycles. The highest BCUT2D eigenvalue weighted by molar-refractivity contribution is 7.80. The number of hydrogen-bond acceptors (Lipinski definition) is 3. The molecule has 2 amide bonds. The quantitative estimate of drug-likeness (QED) is 0.671. The number of carbonyl (C=O) groups is 2. The van der Waals surface area contributed by atoms with Crippen LogP contribution in [0.3, 0.4) is 0 Å². The maximum absolute atomic E-state index is 12.6. The van der Waals surface area contributed by atoms with Crippen LogP contribution in [0.5, 0.6) is 0 Å². The molecule has 0 radical (unpaired) electrons. The van der Waals surface area contributed by atoms with Crippen LogP contribution in [0.25, 0.3) is 0 Å². The van der Waals surface area contributed by atoms with Gasteiger partial charge in [0.2, 0.25) is 11.8 Å². The normalized spacial score (nSPS) is 28.1. The van der Waals surface area contributed by atoms with Crippen LogP contribution in [-0.2, 0) is 9.59 Å². The van der Waals surface area contributed by atoms with Crippen molar-refractivity contribution in [3.8, 4) is 0 Å². The minimum atomic E-state index is -0.211. The highest BCUT2D eigenvalue weighted by Crippen LogP contribution is 2.45. The van der Waals surface area contributed by atoms with Crippen LogP contribution in [0.1, 0.15) is 25.3 Å². The molecule has 2 fully saturated rings. The van der Waals surface area contributed by atoms with Crippen molar-refractivity contribution in [2.45, 2.75) is 19.8 Å². The molecule has 1 saturated heterocycles. The van der Waals surface area contributed by atoms with E-state index in [1.54, 1.807) is 18.2 Å². The number of rotatable bonds is 2. The van der Waals surface area contributed by atoms with Crippen molar-refractivity contribution < 1.29 is 9.59 Å². The van der Waals surface area contributed by atoms with Gasteiger partial charge in [-0.05, 0) is 30.9 Å². The summed E-state index contributed by atoms with van der Waals surface area (Å²) < 4.78 is 0. The zero-order valence-electron chi connectivity index (χ0n) is 11.5. The molecule has 2 atom stereocenters. The average molecular weight is 323 g/mol. The van der Waals surface area contributed by atoms with E-state index >= 15 is 0 Å². The zero-order valence-corrected chi connectivity index (χ0v) is 13.1. The third kappa shape index (κ3) is 2.24. The predicted octanol–water partition coefficient (Wildman–Crippen LogP) is 2.51. The minimum absolute atomic E-state index is 0.156. The molecule has 0 aromatic heterocycles. The molecule has 1 aliphatic carbocycles.